The molecule has 1 saturated heterocycles. The molecule has 0 spiro atoms. The van der Waals surface area contributed by atoms with Gasteiger partial charge in [-0.2, -0.15) is 0 Å². The van der Waals surface area contributed by atoms with Crippen molar-refractivity contribution in [2.75, 3.05) is 31.1 Å². The second-order valence-corrected chi connectivity index (χ2v) is 8.14. The van der Waals surface area contributed by atoms with E-state index in [1.54, 1.807) is 13.8 Å². The molecular formula is C19H33BN2O2. The van der Waals surface area contributed by atoms with E-state index in [1.165, 1.54) is 5.69 Å². The van der Waals surface area contributed by atoms with Crippen LogP contribution in [0.15, 0.2) is 24.3 Å². The van der Waals surface area contributed by atoms with Gasteiger partial charge in [0.1, 0.15) is 0 Å². The Bertz CT molecular complexity index is 515. The molecule has 0 atom stereocenters. The number of hydrogen-bond acceptors (Lipinski definition) is 4. The predicted molar refractivity (Wildman–Crippen MR) is 104 cm³/mol. The van der Waals surface area contributed by atoms with Crippen LogP contribution in [0.1, 0.15) is 41.5 Å². The fraction of sp³-hybridized carbons (Fsp3) is 0.684. The third kappa shape index (κ3) is 4.75. The van der Waals surface area contributed by atoms with Crippen molar-refractivity contribution in [2.24, 2.45) is 0 Å². The summed E-state index contributed by atoms with van der Waals surface area (Å²) in [6, 6.07) is 9.25. The van der Waals surface area contributed by atoms with Crippen LogP contribution in [0.4, 0.5) is 5.69 Å². The van der Waals surface area contributed by atoms with Crippen molar-refractivity contribution in [1.29, 1.82) is 0 Å². The number of hydrogen-bond donors (Lipinski definition) is 1. The molecule has 24 heavy (non-hydrogen) atoms. The van der Waals surface area contributed by atoms with Gasteiger partial charge < -0.3 is 14.7 Å². The molecule has 5 heteroatoms. The van der Waals surface area contributed by atoms with Crippen molar-refractivity contribution in [2.45, 2.75) is 58.8 Å². The highest BCUT2D eigenvalue weighted by Gasteiger charge is 2.35. The SMILES string of the molecule is CC(C)N1CCN(c2ccc(BOC(C)(C)C(C)(C)O)cc2)CC1. The minimum Gasteiger partial charge on any atom is -0.427 e. The summed E-state index contributed by atoms with van der Waals surface area (Å²) in [6.07, 6.45) is 0. The van der Waals surface area contributed by atoms with Gasteiger partial charge in [0.25, 0.3) is 0 Å². The van der Waals surface area contributed by atoms with Crippen LogP contribution in [0.25, 0.3) is 0 Å². The van der Waals surface area contributed by atoms with Gasteiger partial charge >= 0.3 is 7.48 Å². The number of nitrogens with zero attached hydrogens (tertiary/aromatic N) is 2. The molecule has 0 amide bonds. The maximum Gasteiger partial charge on any atom is 0.309 e. The minimum atomic E-state index is -0.872. The zero-order valence-electron chi connectivity index (χ0n) is 16.2. The van der Waals surface area contributed by atoms with E-state index in [0.29, 0.717) is 13.5 Å². The summed E-state index contributed by atoms with van der Waals surface area (Å²) in [5, 5.41) is 10.2. The van der Waals surface area contributed by atoms with Crippen LogP contribution in [0, 0.1) is 0 Å². The molecule has 0 aliphatic carbocycles. The number of aliphatic hydroxyl groups is 1. The number of benzene rings is 1. The van der Waals surface area contributed by atoms with Gasteiger partial charge in [-0.05, 0) is 53.7 Å². The van der Waals surface area contributed by atoms with Crippen molar-refractivity contribution in [3.8, 4) is 0 Å². The molecule has 4 nitrogen and oxygen atoms in total. The maximum atomic E-state index is 10.2. The topological polar surface area (TPSA) is 35.9 Å². The minimum absolute atomic E-state index is 0.512. The van der Waals surface area contributed by atoms with E-state index < -0.39 is 11.2 Å². The van der Waals surface area contributed by atoms with Crippen LogP contribution in [-0.4, -0.2) is 60.9 Å². The quantitative estimate of drug-likeness (QED) is 0.806. The van der Waals surface area contributed by atoms with E-state index in [1.807, 2.05) is 13.8 Å². The zero-order valence-corrected chi connectivity index (χ0v) is 16.2. The molecule has 1 aromatic carbocycles. The smallest absolute Gasteiger partial charge is 0.309 e. The Morgan fingerprint density at radius 2 is 1.54 bits per heavy atom. The van der Waals surface area contributed by atoms with Gasteiger partial charge in [-0.3, -0.25) is 4.90 Å². The van der Waals surface area contributed by atoms with Crippen LogP contribution in [-0.2, 0) is 4.65 Å². The second-order valence-electron chi connectivity index (χ2n) is 8.14. The lowest BCUT2D eigenvalue weighted by Crippen LogP contribution is -2.49. The Kier molecular flexibility index (Phi) is 6.00. The lowest BCUT2D eigenvalue weighted by molar-refractivity contribution is -0.0893. The van der Waals surface area contributed by atoms with Crippen molar-refractivity contribution < 1.29 is 9.76 Å². The molecule has 1 heterocycles. The average molecular weight is 332 g/mol. The largest absolute Gasteiger partial charge is 0.427 e. The molecule has 0 unspecified atom stereocenters. The summed E-state index contributed by atoms with van der Waals surface area (Å²) in [5.74, 6) is 0. The first-order valence-corrected chi connectivity index (χ1v) is 9.04. The van der Waals surface area contributed by atoms with Crippen molar-refractivity contribution in [1.82, 2.24) is 4.90 Å². The van der Waals surface area contributed by atoms with Gasteiger partial charge in [0.15, 0.2) is 0 Å². The summed E-state index contributed by atoms with van der Waals surface area (Å²) in [6.45, 7) is 16.4. The lowest BCUT2D eigenvalue weighted by atomic mass is 9.82. The molecule has 0 radical (unpaired) electrons. The van der Waals surface area contributed by atoms with Crippen molar-refractivity contribution in [3.05, 3.63) is 24.3 Å². The molecule has 0 bridgehead atoms. The summed E-state index contributed by atoms with van der Waals surface area (Å²) in [4.78, 5) is 4.97. The highest BCUT2D eigenvalue weighted by Crippen LogP contribution is 2.24. The molecule has 1 aliphatic rings. The Morgan fingerprint density at radius 1 is 1.00 bits per heavy atom. The van der Waals surface area contributed by atoms with Crippen LogP contribution in [0.5, 0.6) is 0 Å². The van der Waals surface area contributed by atoms with E-state index in [2.05, 4.69) is 47.9 Å². The first-order valence-electron chi connectivity index (χ1n) is 9.04. The number of rotatable bonds is 6. The van der Waals surface area contributed by atoms with Crippen LogP contribution in [0.3, 0.4) is 0 Å². The Labute approximate surface area is 148 Å². The number of anilines is 1. The first-order chi connectivity index (χ1) is 11.1. The molecule has 1 N–H and O–H groups in total. The molecule has 2 rings (SSSR count). The van der Waals surface area contributed by atoms with Crippen LogP contribution >= 0.6 is 0 Å². The monoisotopic (exact) mass is 332 g/mol. The molecule has 1 aliphatic heterocycles. The molecule has 0 saturated carbocycles. The summed E-state index contributed by atoms with van der Waals surface area (Å²) >= 11 is 0. The third-order valence-electron chi connectivity index (χ3n) is 5.42. The molecule has 134 valence electrons. The third-order valence-corrected chi connectivity index (χ3v) is 5.42. The van der Waals surface area contributed by atoms with E-state index in [4.69, 9.17) is 4.65 Å². The Balaban J connectivity index is 1.90. The summed E-state index contributed by atoms with van der Waals surface area (Å²) in [5.41, 5.74) is 0.961. The zero-order chi connectivity index (χ0) is 18.0. The molecule has 1 aromatic rings. The second kappa shape index (κ2) is 7.46. The first kappa shape index (κ1) is 19.3. The van der Waals surface area contributed by atoms with Gasteiger partial charge in [-0.25, -0.2) is 0 Å². The summed E-state index contributed by atoms with van der Waals surface area (Å²) < 4.78 is 5.94. The van der Waals surface area contributed by atoms with Gasteiger partial charge in [0.2, 0.25) is 0 Å². The predicted octanol–water partition coefficient (Wildman–Crippen LogP) is 1.76. The van der Waals surface area contributed by atoms with E-state index in [0.717, 1.165) is 31.6 Å². The number of piperazine rings is 1. The highest BCUT2D eigenvalue weighted by atomic mass is 16.5. The fourth-order valence-corrected chi connectivity index (χ4v) is 2.74. The van der Waals surface area contributed by atoms with Crippen LogP contribution in [0.2, 0.25) is 0 Å². The van der Waals surface area contributed by atoms with Gasteiger partial charge in [0.05, 0.1) is 11.2 Å². The van der Waals surface area contributed by atoms with Gasteiger partial charge in [0, 0.05) is 37.9 Å². The van der Waals surface area contributed by atoms with Crippen molar-refractivity contribution >= 4 is 18.6 Å². The highest BCUT2D eigenvalue weighted by molar-refractivity contribution is 6.47. The van der Waals surface area contributed by atoms with E-state index in [-0.39, 0.29) is 0 Å². The Morgan fingerprint density at radius 3 is 2.00 bits per heavy atom. The normalized spacial score (nSPS) is 17.4. The van der Waals surface area contributed by atoms with Crippen LogP contribution < -0.4 is 10.4 Å². The fourth-order valence-electron chi connectivity index (χ4n) is 2.74. The van der Waals surface area contributed by atoms with Crippen molar-refractivity contribution in [3.63, 3.8) is 0 Å². The van der Waals surface area contributed by atoms with Gasteiger partial charge in [-0.1, -0.05) is 17.6 Å². The van der Waals surface area contributed by atoms with Gasteiger partial charge in [-0.15, -0.1) is 0 Å². The van der Waals surface area contributed by atoms with E-state index in [9.17, 15) is 5.11 Å². The van der Waals surface area contributed by atoms with E-state index >= 15 is 0 Å². The average Bonchev–Trinajstić information content (AvgIpc) is 2.52. The standard InChI is InChI=1S/C19H33BN2O2/c1-15(2)21-11-13-22(14-12-21)17-9-7-16(8-10-17)20-24-19(5,6)18(3,4)23/h7-10,15,20,23H,11-14H2,1-6H3. The lowest BCUT2D eigenvalue weighted by Gasteiger charge is -2.38. The summed E-state index contributed by atoms with van der Waals surface area (Å²) in [7, 11) is 0.512. The Hall–Kier alpha value is -1.04. The maximum absolute atomic E-state index is 10.2. The molecular weight excluding hydrogens is 299 g/mol. The molecule has 1 fully saturated rings. The molecule has 0 aromatic heterocycles.